The monoisotopic (exact) mass is 238 g/mol. The van der Waals surface area contributed by atoms with Crippen LogP contribution < -0.4 is 19.9 Å². The third kappa shape index (κ3) is 2.52. The van der Waals surface area contributed by atoms with Crippen molar-refractivity contribution in [1.29, 1.82) is 0 Å². The van der Waals surface area contributed by atoms with E-state index in [9.17, 15) is 0 Å². The largest absolute Gasteiger partial charge is 0.493 e. The van der Waals surface area contributed by atoms with Crippen molar-refractivity contribution in [1.82, 2.24) is 0 Å². The minimum absolute atomic E-state index is 0.144. The van der Waals surface area contributed by atoms with E-state index in [1.165, 1.54) is 0 Å². The number of nitrogens with two attached hydrogens (primary N) is 1. The van der Waals surface area contributed by atoms with Crippen LogP contribution in [-0.2, 0) is 0 Å². The third-order valence-electron chi connectivity index (χ3n) is 2.46. The zero-order valence-electron chi connectivity index (χ0n) is 9.42. The topological polar surface area (TPSA) is 86.3 Å². The van der Waals surface area contributed by atoms with Gasteiger partial charge in [-0.05, 0) is 12.1 Å². The van der Waals surface area contributed by atoms with Crippen molar-refractivity contribution in [3.63, 3.8) is 0 Å². The van der Waals surface area contributed by atoms with Crippen molar-refractivity contribution >= 4 is 5.84 Å². The molecule has 2 rings (SSSR count). The van der Waals surface area contributed by atoms with E-state index in [0.29, 0.717) is 23.9 Å². The summed E-state index contributed by atoms with van der Waals surface area (Å²) in [4.78, 5) is 0. The first kappa shape index (κ1) is 11.4. The first-order chi connectivity index (χ1) is 8.20. The molecule has 6 heteroatoms. The quantitative estimate of drug-likeness (QED) is 0.356. The van der Waals surface area contributed by atoms with Crippen LogP contribution in [-0.4, -0.2) is 24.4 Å². The third-order valence-corrected chi connectivity index (χ3v) is 2.46. The Morgan fingerprint density at radius 3 is 3.06 bits per heavy atom. The lowest BCUT2D eigenvalue weighted by atomic mass is 10.2. The van der Waals surface area contributed by atoms with E-state index in [1.807, 2.05) is 6.92 Å². The number of nitrogens with zero attached hydrogens (tertiary/aromatic N) is 1. The molecule has 1 aliphatic heterocycles. The molecule has 0 amide bonds. The fraction of sp³-hybridized carbons (Fsp3) is 0.364. The number of hydrogen-bond donors (Lipinski definition) is 2. The van der Waals surface area contributed by atoms with E-state index in [0.717, 1.165) is 0 Å². The number of amidine groups is 1. The number of fused-ring (bicyclic) bond motifs is 1. The van der Waals surface area contributed by atoms with Crippen LogP contribution in [0.15, 0.2) is 23.4 Å². The molecule has 0 aromatic heterocycles. The summed E-state index contributed by atoms with van der Waals surface area (Å²) in [5, 5.41) is 11.4. The van der Waals surface area contributed by atoms with Crippen molar-refractivity contribution in [3.05, 3.63) is 18.2 Å². The summed E-state index contributed by atoms with van der Waals surface area (Å²) in [5.74, 6) is 2.02. The van der Waals surface area contributed by atoms with Crippen LogP contribution in [0.5, 0.6) is 17.2 Å². The van der Waals surface area contributed by atoms with Gasteiger partial charge >= 0.3 is 0 Å². The average Bonchev–Trinajstić information content (AvgIpc) is 2.82. The molecule has 0 saturated carbocycles. The van der Waals surface area contributed by atoms with Crippen LogP contribution in [0.2, 0.25) is 0 Å². The highest BCUT2D eigenvalue weighted by Gasteiger charge is 2.14. The molecule has 1 atom stereocenters. The van der Waals surface area contributed by atoms with E-state index in [1.54, 1.807) is 18.2 Å². The fourth-order valence-electron chi connectivity index (χ4n) is 1.37. The standard InChI is InChI=1S/C11H14N2O4/c1-7(11(12)13-14)5-15-8-2-3-9-10(4-8)17-6-16-9/h2-4,7,14H,5-6H2,1H3,(H2,12,13). The van der Waals surface area contributed by atoms with Crippen LogP contribution in [0.25, 0.3) is 0 Å². The second-order valence-electron chi connectivity index (χ2n) is 3.75. The van der Waals surface area contributed by atoms with Crippen molar-refractivity contribution < 1.29 is 19.4 Å². The van der Waals surface area contributed by atoms with Gasteiger partial charge < -0.3 is 25.2 Å². The Morgan fingerprint density at radius 1 is 1.53 bits per heavy atom. The van der Waals surface area contributed by atoms with Gasteiger partial charge in [0.25, 0.3) is 0 Å². The van der Waals surface area contributed by atoms with E-state index in [4.69, 9.17) is 25.2 Å². The summed E-state index contributed by atoms with van der Waals surface area (Å²) < 4.78 is 15.9. The maximum atomic E-state index is 8.50. The predicted octanol–water partition coefficient (Wildman–Crippen LogP) is 1.18. The second-order valence-corrected chi connectivity index (χ2v) is 3.75. The SMILES string of the molecule is CC(COc1ccc2c(c1)OCO2)/C(N)=N/O. The Hall–Kier alpha value is -2.11. The van der Waals surface area contributed by atoms with Gasteiger partial charge in [0.2, 0.25) is 6.79 Å². The van der Waals surface area contributed by atoms with Crippen molar-refractivity contribution in [2.75, 3.05) is 13.4 Å². The number of ether oxygens (including phenoxy) is 3. The summed E-state index contributed by atoms with van der Waals surface area (Å²) in [6.07, 6.45) is 0. The Bertz CT molecular complexity index is 433. The minimum Gasteiger partial charge on any atom is -0.493 e. The molecule has 0 radical (unpaired) electrons. The maximum absolute atomic E-state index is 8.50. The molecule has 0 bridgehead atoms. The predicted molar refractivity (Wildman–Crippen MR) is 60.6 cm³/mol. The number of rotatable bonds is 4. The molecular weight excluding hydrogens is 224 g/mol. The van der Waals surface area contributed by atoms with Crippen LogP contribution in [0.4, 0.5) is 0 Å². The molecule has 17 heavy (non-hydrogen) atoms. The molecule has 1 unspecified atom stereocenters. The zero-order valence-corrected chi connectivity index (χ0v) is 9.42. The molecule has 1 aromatic rings. The maximum Gasteiger partial charge on any atom is 0.231 e. The summed E-state index contributed by atoms with van der Waals surface area (Å²) in [5.41, 5.74) is 5.45. The minimum atomic E-state index is -0.162. The van der Waals surface area contributed by atoms with Crippen molar-refractivity contribution in [3.8, 4) is 17.2 Å². The molecule has 1 heterocycles. The van der Waals surface area contributed by atoms with Gasteiger partial charge in [-0.25, -0.2) is 0 Å². The lowest BCUT2D eigenvalue weighted by Gasteiger charge is -2.11. The highest BCUT2D eigenvalue weighted by atomic mass is 16.7. The summed E-state index contributed by atoms with van der Waals surface area (Å²) in [6.45, 7) is 2.37. The molecule has 92 valence electrons. The van der Waals surface area contributed by atoms with E-state index >= 15 is 0 Å². The summed E-state index contributed by atoms with van der Waals surface area (Å²) >= 11 is 0. The van der Waals surface area contributed by atoms with Crippen LogP contribution in [0.3, 0.4) is 0 Å². The van der Waals surface area contributed by atoms with Gasteiger partial charge in [0, 0.05) is 6.07 Å². The molecule has 6 nitrogen and oxygen atoms in total. The first-order valence-corrected chi connectivity index (χ1v) is 5.20. The fourth-order valence-corrected chi connectivity index (χ4v) is 1.37. The summed E-state index contributed by atoms with van der Waals surface area (Å²) in [7, 11) is 0. The van der Waals surface area contributed by atoms with Crippen LogP contribution >= 0.6 is 0 Å². The van der Waals surface area contributed by atoms with Gasteiger partial charge in [0.15, 0.2) is 11.5 Å². The van der Waals surface area contributed by atoms with Crippen molar-refractivity contribution in [2.45, 2.75) is 6.92 Å². The molecule has 0 aliphatic carbocycles. The molecule has 0 saturated heterocycles. The Morgan fingerprint density at radius 2 is 2.29 bits per heavy atom. The smallest absolute Gasteiger partial charge is 0.231 e. The number of hydrogen-bond acceptors (Lipinski definition) is 5. The Balaban J connectivity index is 1.96. The normalized spacial score (nSPS) is 15.7. The van der Waals surface area contributed by atoms with E-state index in [-0.39, 0.29) is 18.5 Å². The van der Waals surface area contributed by atoms with Gasteiger partial charge in [-0.1, -0.05) is 12.1 Å². The van der Waals surface area contributed by atoms with Gasteiger partial charge in [-0.3, -0.25) is 0 Å². The molecule has 0 spiro atoms. The first-order valence-electron chi connectivity index (χ1n) is 5.20. The van der Waals surface area contributed by atoms with Crippen molar-refractivity contribution in [2.24, 2.45) is 16.8 Å². The van der Waals surface area contributed by atoms with Gasteiger partial charge in [0.1, 0.15) is 11.6 Å². The zero-order chi connectivity index (χ0) is 12.3. The van der Waals surface area contributed by atoms with E-state index in [2.05, 4.69) is 5.16 Å². The van der Waals surface area contributed by atoms with Gasteiger partial charge in [0.05, 0.1) is 12.5 Å². The summed E-state index contributed by atoms with van der Waals surface area (Å²) in [6, 6.07) is 5.32. The number of oxime groups is 1. The van der Waals surface area contributed by atoms with Crippen LogP contribution in [0.1, 0.15) is 6.92 Å². The second kappa shape index (κ2) is 4.82. The lowest BCUT2D eigenvalue weighted by molar-refractivity contribution is 0.173. The van der Waals surface area contributed by atoms with Crippen LogP contribution in [0, 0.1) is 5.92 Å². The van der Waals surface area contributed by atoms with E-state index < -0.39 is 0 Å². The Labute approximate surface area is 98.6 Å². The molecule has 3 N–H and O–H groups in total. The highest BCUT2D eigenvalue weighted by Crippen LogP contribution is 2.35. The van der Waals surface area contributed by atoms with Gasteiger partial charge in [-0.2, -0.15) is 0 Å². The molecule has 1 aromatic carbocycles. The average molecular weight is 238 g/mol. The molecular formula is C11H14N2O4. The lowest BCUT2D eigenvalue weighted by Crippen LogP contribution is -2.26. The number of benzene rings is 1. The molecule has 1 aliphatic rings. The highest BCUT2D eigenvalue weighted by molar-refractivity contribution is 5.81. The van der Waals surface area contributed by atoms with Gasteiger partial charge in [-0.15, -0.1) is 0 Å². The molecule has 0 fully saturated rings. The Kier molecular flexibility index (Phi) is 3.22.